The molecular formula is C22H27NO4S. The van der Waals surface area contributed by atoms with Crippen molar-refractivity contribution in [1.29, 1.82) is 0 Å². The summed E-state index contributed by atoms with van der Waals surface area (Å²) in [6, 6.07) is 13.7. The Balaban J connectivity index is 1.82. The first-order valence-corrected chi connectivity index (χ1v) is 11.1. The zero-order chi connectivity index (χ0) is 20.3. The minimum atomic E-state index is -3.74. The standard InChI is InChI=1S/C22H27NO4S/c1-15(2)8-13-21(24)27-20-14-17-6-4-5-7-19(17)22(20)23-28(25,26)18-11-9-16(3)10-12-18/h4-7,9-12,15,20,22-23H,8,13-14H2,1-3H3/t20-,22+/m0/s1. The Labute approximate surface area is 167 Å². The molecule has 2 aromatic carbocycles. The van der Waals surface area contributed by atoms with Crippen LogP contribution in [0.3, 0.4) is 0 Å². The number of aryl methyl sites for hydroxylation is 1. The predicted octanol–water partition coefficient (Wildman–Crippen LogP) is 3.92. The highest BCUT2D eigenvalue weighted by Crippen LogP contribution is 2.35. The number of carbonyl (C=O) groups excluding carboxylic acids is 1. The van der Waals surface area contributed by atoms with Gasteiger partial charge in [-0.3, -0.25) is 4.79 Å². The molecule has 5 nitrogen and oxygen atoms in total. The molecule has 0 heterocycles. The van der Waals surface area contributed by atoms with Gasteiger partial charge in [-0.05, 0) is 42.5 Å². The van der Waals surface area contributed by atoms with Gasteiger partial charge in [-0.25, -0.2) is 8.42 Å². The van der Waals surface area contributed by atoms with Crippen LogP contribution in [0.1, 0.15) is 49.4 Å². The number of sulfonamides is 1. The van der Waals surface area contributed by atoms with Crippen molar-refractivity contribution in [2.24, 2.45) is 5.92 Å². The fraction of sp³-hybridized carbons (Fsp3) is 0.409. The van der Waals surface area contributed by atoms with E-state index in [2.05, 4.69) is 18.6 Å². The van der Waals surface area contributed by atoms with E-state index in [0.29, 0.717) is 18.8 Å². The fourth-order valence-corrected chi connectivity index (χ4v) is 4.64. The molecule has 2 aromatic rings. The van der Waals surface area contributed by atoms with Crippen LogP contribution in [0.4, 0.5) is 0 Å². The quantitative estimate of drug-likeness (QED) is 0.714. The van der Waals surface area contributed by atoms with Gasteiger partial charge >= 0.3 is 5.97 Å². The Bertz CT molecular complexity index is 935. The average Bonchev–Trinajstić information content (AvgIpc) is 2.97. The number of benzene rings is 2. The summed E-state index contributed by atoms with van der Waals surface area (Å²) in [6.07, 6.45) is 1.04. The van der Waals surface area contributed by atoms with E-state index in [0.717, 1.165) is 23.1 Å². The number of rotatable bonds is 7. The molecule has 0 saturated heterocycles. The Kier molecular flexibility index (Phi) is 6.20. The van der Waals surface area contributed by atoms with Crippen molar-refractivity contribution in [2.75, 3.05) is 0 Å². The Morgan fingerprint density at radius 3 is 2.50 bits per heavy atom. The molecule has 0 fully saturated rings. The molecule has 0 bridgehead atoms. The molecular weight excluding hydrogens is 374 g/mol. The van der Waals surface area contributed by atoms with E-state index in [1.165, 1.54) is 0 Å². The van der Waals surface area contributed by atoms with Crippen LogP contribution in [0, 0.1) is 12.8 Å². The topological polar surface area (TPSA) is 72.5 Å². The Morgan fingerprint density at radius 1 is 1.14 bits per heavy atom. The predicted molar refractivity (Wildman–Crippen MR) is 108 cm³/mol. The number of nitrogens with one attached hydrogen (secondary N) is 1. The number of esters is 1. The second kappa shape index (κ2) is 8.45. The van der Waals surface area contributed by atoms with Gasteiger partial charge in [0, 0.05) is 12.8 Å². The van der Waals surface area contributed by atoms with Crippen LogP contribution in [0.2, 0.25) is 0 Å². The van der Waals surface area contributed by atoms with Crippen LogP contribution in [0.5, 0.6) is 0 Å². The molecule has 1 aliphatic carbocycles. The lowest BCUT2D eigenvalue weighted by atomic mass is 10.1. The molecule has 2 atom stereocenters. The fourth-order valence-electron chi connectivity index (χ4n) is 3.39. The molecule has 150 valence electrons. The lowest BCUT2D eigenvalue weighted by Gasteiger charge is -2.22. The van der Waals surface area contributed by atoms with E-state index < -0.39 is 22.2 Å². The van der Waals surface area contributed by atoms with E-state index in [4.69, 9.17) is 4.74 Å². The molecule has 3 rings (SSSR count). The molecule has 0 amide bonds. The number of hydrogen-bond acceptors (Lipinski definition) is 4. The van der Waals surface area contributed by atoms with Crippen molar-refractivity contribution < 1.29 is 17.9 Å². The SMILES string of the molecule is Cc1ccc(S(=O)(=O)N[C@@H]2c3ccccc3C[C@@H]2OC(=O)CCC(C)C)cc1. The van der Waals surface area contributed by atoms with Crippen molar-refractivity contribution in [3.05, 3.63) is 65.2 Å². The van der Waals surface area contributed by atoms with E-state index in [1.807, 2.05) is 31.2 Å². The van der Waals surface area contributed by atoms with Crippen LogP contribution >= 0.6 is 0 Å². The largest absolute Gasteiger partial charge is 0.460 e. The van der Waals surface area contributed by atoms with Crippen molar-refractivity contribution in [2.45, 2.75) is 57.1 Å². The summed E-state index contributed by atoms with van der Waals surface area (Å²) in [5, 5.41) is 0. The minimum absolute atomic E-state index is 0.201. The number of carbonyl (C=O) groups is 1. The minimum Gasteiger partial charge on any atom is -0.460 e. The van der Waals surface area contributed by atoms with E-state index in [9.17, 15) is 13.2 Å². The van der Waals surface area contributed by atoms with Crippen LogP contribution in [0.25, 0.3) is 0 Å². The summed E-state index contributed by atoms with van der Waals surface area (Å²) in [5.74, 6) is 0.121. The first kappa shape index (κ1) is 20.6. The third kappa shape index (κ3) is 4.80. The van der Waals surface area contributed by atoms with Gasteiger partial charge in [-0.1, -0.05) is 55.8 Å². The van der Waals surface area contributed by atoms with Gasteiger partial charge in [0.05, 0.1) is 10.9 Å². The van der Waals surface area contributed by atoms with Crippen LogP contribution in [-0.2, 0) is 26.0 Å². The highest BCUT2D eigenvalue weighted by Gasteiger charge is 2.37. The molecule has 1 aliphatic rings. The van der Waals surface area contributed by atoms with Gasteiger partial charge in [0.1, 0.15) is 6.10 Å². The summed E-state index contributed by atoms with van der Waals surface area (Å²) >= 11 is 0. The first-order valence-electron chi connectivity index (χ1n) is 9.62. The molecule has 0 unspecified atom stereocenters. The average molecular weight is 402 g/mol. The van der Waals surface area contributed by atoms with E-state index >= 15 is 0 Å². The van der Waals surface area contributed by atoms with E-state index in [1.54, 1.807) is 24.3 Å². The third-order valence-electron chi connectivity index (χ3n) is 5.01. The van der Waals surface area contributed by atoms with Gasteiger partial charge < -0.3 is 4.74 Å². The summed E-state index contributed by atoms with van der Waals surface area (Å²) in [7, 11) is -3.74. The van der Waals surface area contributed by atoms with Gasteiger partial charge in [0.25, 0.3) is 0 Å². The Morgan fingerprint density at radius 2 is 1.82 bits per heavy atom. The van der Waals surface area contributed by atoms with Crippen LogP contribution in [0.15, 0.2) is 53.4 Å². The maximum Gasteiger partial charge on any atom is 0.306 e. The number of fused-ring (bicyclic) bond motifs is 1. The molecule has 0 radical (unpaired) electrons. The highest BCUT2D eigenvalue weighted by atomic mass is 32.2. The van der Waals surface area contributed by atoms with Gasteiger partial charge in [0.2, 0.25) is 10.0 Å². The first-order chi connectivity index (χ1) is 13.3. The molecule has 0 spiro atoms. The molecule has 1 N–H and O–H groups in total. The van der Waals surface area contributed by atoms with Crippen molar-refractivity contribution in [1.82, 2.24) is 4.72 Å². The van der Waals surface area contributed by atoms with Crippen LogP contribution < -0.4 is 4.72 Å². The van der Waals surface area contributed by atoms with Crippen molar-refractivity contribution in [3.63, 3.8) is 0 Å². The summed E-state index contributed by atoms with van der Waals surface area (Å²) in [4.78, 5) is 12.5. The molecule has 0 aromatic heterocycles. The summed E-state index contributed by atoms with van der Waals surface area (Å²) < 4.78 is 34.3. The zero-order valence-electron chi connectivity index (χ0n) is 16.5. The van der Waals surface area contributed by atoms with Crippen molar-refractivity contribution in [3.8, 4) is 0 Å². The highest BCUT2D eigenvalue weighted by molar-refractivity contribution is 7.89. The number of hydrogen-bond donors (Lipinski definition) is 1. The zero-order valence-corrected chi connectivity index (χ0v) is 17.3. The lowest BCUT2D eigenvalue weighted by Crippen LogP contribution is -2.36. The third-order valence-corrected chi connectivity index (χ3v) is 6.46. The van der Waals surface area contributed by atoms with Gasteiger partial charge in [-0.2, -0.15) is 4.72 Å². The summed E-state index contributed by atoms with van der Waals surface area (Å²) in [5.41, 5.74) is 2.85. The molecule has 28 heavy (non-hydrogen) atoms. The maximum atomic E-state index is 12.9. The maximum absolute atomic E-state index is 12.9. The van der Waals surface area contributed by atoms with Gasteiger partial charge in [-0.15, -0.1) is 0 Å². The second-order valence-corrected chi connectivity index (χ2v) is 9.49. The monoisotopic (exact) mass is 401 g/mol. The van der Waals surface area contributed by atoms with Crippen LogP contribution in [-0.4, -0.2) is 20.5 Å². The Hall–Kier alpha value is -2.18. The lowest BCUT2D eigenvalue weighted by molar-refractivity contribution is -0.150. The molecule has 0 saturated carbocycles. The smallest absolute Gasteiger partial charge is 0.306 e. The molecule has 0 aliphatic heterocycles. The normalized spacial score (nSPS) is 18.9. The summed E-state index contributed by atoms with van der Waals surface area (Å²) in [6.45, 7) is 6.01. The van der Waals surface area contributed by atoms with E-state index in [-0.39, 0.29) is 10.9 Å². The molecule has 6 heteroatoms. The number of ether oxygens (including phenoxy) is 1. The second-order valence-electron chi connectivity index (χ2n) is 7.78. The van der Waals surface area contributed by atoms with Crippen molar-refractivity contribution >= 4 is 16.0 Å². The van der Waals surface area contributed by atoms with Gasteiger partial charge in [0.15, 0.2) is 0 Å².